The Labute approximate surface area is 102 Å². The van der Waals surface area contributed by atoms with E-state index in [0.29, 0.717) is 0 Å². The lowest BCUT2D eigenvalue weighted by Gasteiger charge is -2.02. The average molecular weight is 276 g/mol. The molecule has 0 bridgehead atoms. The summed E-state index contributed by atoms with van der Waals surface area (Å²) in [6, 6.07) is 8.05. The fourth-order valence-electron chi connectivity index (χ4n) is 1.80. The van der Waals surface area contributed by atoms with Crippen LogP contribution in [0, 0.1) is 0 Å². The van der Waals surface area contributed by atoms with Gasteiger partial charge >= 0.3 is 0 Å². The summed E-state index contributed by atoms with van der Waals surface area (Å²) in [5.41, 5.74) is 3.38. The SMILES string of the molecule is Brc1ccc(-c2ncc3c(n2)CNC3)cc1. The second kappa shape index (κ2) is 3.96. The monoisotopic (exact) mass is 275 g/mol. The molecule has 1 aromatic carbocycles. The molecule has 0 spiro atoms. The molecular formula is C12H10BrN3. The van der Waals surface area contributed by atoms with Crippen molar-refractivity contribution in [3.8, 4) is 11.4 Å². The molecule has 4 heteroatoms. The van der Waals surface area contributed by atoms with E-state index in [4.69, 9.17) is 0 Å². The highest BCUT2D eigenvalue weighted by molar-refractivity contribution is 9.10. The van der Waals surface area contributed by atoms with Gasteiger partial charge in [-0.1, -0.05) is 28.1 Å². The number of hydrogen-bond acceptors (Lipinski definition) is 3. The molecule has 1 N–H and O–H groups in total. The maximum Gasteiger partial charge on any atom is 0.159 e. The normalized spacial score (nSPS) is 13.8. The minimum Gasteiger partial charge on any atom is -0.307 e. The second-order valence-electron chi connectivity index (χ2n) is 3.78. The number of halogens is 1. The van der Waals surface area contributed by atoms with E-state index in [1.807, 2.05) is 30.5 Å². The van der Waals surface area contributed by atoms with E-state index in [1.165, 1.54) is 5.56 Å². The molecule has 0 fully saturated rings. The van der Waals surface area contributed by atoms with E-state index in [1.54, 1.807) is 0 Å². The van der Waals surface area contributed by atoms with Gasteiger partial charge in [-0.3, -0.25) is 0 Å². The highest BCUT2D eigenvalue weighted by Gasteiger charge is 2.13. The third kappa shape index (κ3) is 1.74. The van der Waals surface area contributed by atoms with Gasteiger partial charge in [-0.25, -0.2) is 9.97 Å². The zero-order chi connectivity index (χ0) is 11.0. The maximum atomic E-state index is 4.56. The summed E-state index contributed by atoms with van der Waals surface area (Å²) in [5, 5.41) is 3.27. The third-order valence-corrected chi connectivity index (χ3v) is 3.19. The van der Waals surface area contributed by atoms with Crippen LogP contribution in [0.25, 0.3) is 11.4 Å². The first-order valence-electron chi connectivity index (χ1n) is 5.14. The molecule has 3 nitrogen and oxygen atoms in total. The molecule has 2 heterocycles. The standard InChI is InChI=1S/C12H10BrN3/c13-10-3-1-8(2-4-10)12-15-6-9-5-14-7-11(9)16-12/h1-4,6,14H,5,7H2. The number of fused-ring (bicyclic) bond motifs is 1. The lowest BCUT2D eigenvalue weighted by atomic mass is 10.2. The van der Waals surface area contributed by atoms with Crippen LogP contribution < -0.4 is 5.32 Å². The van der Waals surface area contributed by atoms with Crippen molar-refractivity contribution >= 4 is 15.9 Å². The Morgan fingerprint density at radius 1 is 1.12 bits per heavy atom. The molecule has 1 aliphatic heterocycles. The van der Waals surface area contributed by atoms with Gasteiger partial charge in [-0.2, -0.15) is 0 Å². The first-order valence-corrected chi connectivity index (χ1v) is 5.94. The van der Waals surface area contributed by atoms with E-state index in [-0.39, 0.29) is 0 Å². The molecule has 0 aliphatic carbocycles. The molecule has 0 amide bonds. The number of nitrogens with one attached hydrogen (secondary N) is 1. The zero-order valence-electron chi connectivity index (χ0n) is 8.57. The smallest absolute Gasteiger partial charge is 0.159 e. The minimum absolute atomic E-state index is 0.801. The number of aromatic nitrogens is 2. The van der Waals surface area contributed by atoms with Crippen molar-refractivity contribution in [1.82, 2.24) is 15.3 Å². The molecule has 0 saturated carbocycles. The van der Waals surface area contributed by atoms with E-state index in [9.17, 15) is 0 Å². The first-order chi connectivity index (χ1) is 7.83. The Hall–Kier alpha value is -1.26. The van der Waals surface area contributed by atoms with Crippen molar-refractivity contribution in [2.75, 3.05) is 0 Å². The zero-order valence-corrected chi connectivity index (χ0v) is 10.2. The molecule has 3 rings (SSSR count). The molecule has 2 aromatic rings. The topological polar surface area (TPSA) is 37.8 Å². The van der Waals surface area contributed by atoms with Crippen LogP contribution in [0.4, 0.5) is 0 Å². The van der Waals surface area contributed by atoms with Gasteiger partial charge in [0.15, 0.2) is 5.82 Å². The molecular weight excluding hydrogens is 266 g/mol. The minimum atomic E-state index is 0.801. The van der Waals surface area contributed by atoms with Crippen LogP contribution in [0.2, 0.25) is 0 Å². The molecule has 80 valence electrons. The molecule has 1 aliphatic rings. The fourth-order valence-corrected chi connectivity index (χ4v) is 2.06. The Bertz CT molecular complexity index is 522. The van der Waals surface area contributed by atoms with Crippen molar-refractivity contribution in [3.05, 3.63) is 46.2 Å². The lowest BCUT2D eigenvalue weighted by Crippen LogP contribution is -2.00. The highest BCUT2D eigenvalue weighted by atomic mass is 79.9. The van der Waals surface area contributed by atoms with Gasteiger partial charge in [0, 0.05) is 34.9 Å². The predicted molar refractivity (Wildman–Crippen MR) is 65.7 cm³/mol. The first kappa shape index (κ1) is 9.93. The molecule has 16 heavy (non-hydrogen) atoms. The predicted octanol–water partition coefficient (Wildman–Crippen LogP) is 2.51. The number of hydrogen-bond donors (Lipinski definition) is 1. The van der Waals surface area contributed by atoms with Crippen LogP contribution in [0.1, 0.15) is 11.3 Å². The van der Waals surface area contributed by atoms with Crippen molar-refractivity contribution < 1.29 is 0 Å². The van der Waals surface area contributed by atoms with Crippen LogP contribution in [0.5, 0.6) is 0 Å². The van der Waals surface area contributed by atoms with E-state index >= 15 is 0 Å². The summed E-state index contributed by atoms with van der Waals surface area (Å²) in [6.07, 6.45) is 1.92. The van der Waals surface area contributed by atoms with Gasteiger partial charge in [0.05, 0.1) is 5.69 Å². The van der Waals surface area contributed by atoms with E-state index < -0.39 is 0 Å². The Balaban J connectivity index is 2.03. The van der Waals surface area contributed by atoms with E-state index in [2.05, 4.69) is 31.2 Å². The summed E-state index contributed by atoms with van der Waals surface area (Å²) in [5.74, 6) is 0.801. The van der Waals surface area contributed by atoms with Crippen LogP contribution in [-0.2, 0) is 13.1 Å². The molecule has 0 unspecified atom stereocenters. The van der Waals surface area contributed by atoms with Crippen LogP contribution in [0.15, 0.2) is 34.9 Å². The van der Waals surface area contributed by atoms with Crippen LogP contribution in [0.3, 0.4) is 0 Å². The van der Waals surface area contributed by atoms with Gasteiger partial charge in [-0.05, 0) is 12.1 Å². The molecule has 1 aromatic heterocycles. The van der Waals surface area contributed by atoms with Gasteiger partial charge in [0.1, 0.15) is 0 Å². The summed E-state index contributed by atoms with van der Waals surface area (Å²) in [4.78, 5) is 8.95. The molecule has 0 saturated heterocycles. The summed E-state index contributed by atoms with van der Waals surface area (Å²) >= 11 is 3.42. The van der Waals surface area contributed by atoms with Crippen molar-refractivity contribution in [1.29, 1.82) is 0 Å². The Kier molecular flexibility index (Phi) is 2.46. The van der Waals surface area contributed by atoms with Crippen LogP contribution >= 0.6 is 15.9 Å². The van der Waals surface area contributed by atoms with Crippen molar-refractivity contribution in [2.24, 2.45) is 0 Å². The van der Waals surface area contributed by atoms with Gasteiger partial charge < -0.3 is 5.32 Å². The number of benzene rings is 1. The van der Waals surface area contributed by atoms with Crippen LogP contribution in [-0.4, -0.2) is 9.97 Å². The number of rotatable bonds is 1. The highest BCUT2D eigenvalue weighted by Crippen LogP contribution is 2.20. The summed E-state index contributed by atoms with van der Waals surface area (Å²) in [6.45, 7) is 1.73. The Morgan fingerprint density at radius 2 is 1.94 bits per heavy atom. The fraction of sp³-hybridized carbons (Fsp3) is 0.167. The summed E-state index contributed by atoms with van der Waals surface area (Å²) < 4.78 is 1.07. The van der Waals surface area contributed by atoms with E-state index in [0.717, 1.165) is 34.6 Å². The molecule has 0 radical (unpaired) electrons. The van der Waals surface area contributed by atoms with Crippen molar-refractivity contribution in [3.63, 3.8) is 0 Å². The quantitative estimate of drug-likeness (QED) is 0.869. The molecule has 0 atom stereocenters. The van der Waals surface area contributed by atoms with Gasteiger partial charge in [0.2, 0.25) is 0 Å². The summed E-state index contributed by atoms with van der Waals surface area (Å²) in [7, 11) is 0. The van der Waals surface area contributed by atoms with Gasteiger partial charge in [0.25, 0.3) is 0 Å². The average Bonchev–Trinajstić information content (AvgIpc) is 2.77. The maximum absolute atomic E-state index is 4.56. The van der Waals surface area contributed by atoms with Crippen molar-refractivity contribution in [2.45, 2.75) is 13.1 Å². The third-order valence-electron chi connectivity index (χ3n) is 2.66. The number of nitrogens with zero attached hydrogens (tertiary/aromatic N) is 2. The van der Waals surface area contributed by atoms with Gasteiger partial charge in [-0.15, -0.1) is 0 Å². The largest absolute Gasteiger partial charge is 0.307 e. The second-order valence-corrected chi connectivity index (χ2v) is 4.69. The Morgan fingerprint density at radius 3 is 2.75 bits per heavy atom. The lowest BCUT2D eigenvalue weighted by molar-refractivity contribution is 0.758.